The highest BCUT2D eigenvalue weighted by atomic mass is 32.2. The van der Waals surface area contributed by atoms with E-state index in [1.165, 1.54) is 40.5 Å². The van der Waals surface area contributed by atoms with Crippen LogP contribution in [0.2, 0.25) is 0 Å². The lowest BCUT2D eigenvalue weighted by molar-refractivity contribution is -0.140. The molecule has 2 aromatic carbocycles. The topological polar surface area (TPSA) is 86.7 Å². The third kappa shape index (κ3) is 6.92. The molecule has 0 atom stereocenters. The van der Waals surface area contributed by atoms with Gasteiger partial charge in [0.25, 0.3) is 5.91 Å². The summed E-state index contributed by atoms with van der Waals surface area (Å²) in [5.41, 5.74) is -0.704. The molecule has 0 saturated carbocycles. The predicted octanol–water partition coefficient (Wildman–Crippen LogP) is 6.57. The largest absolute Gasteiger partial charge is 0.481 e. The number of carbonyl (C=O) groups is 3. The summed E-state index contributed by atoms with van der Waals surface area (Å²) in [6.45, 7) is -0.0853. The molecular weight excluding hydrogens is 595 g/mol. The summed E-state index contributed by atoms with van der Waals surface area (Å²) >= 11 is 7.41. The smallest absolute Gasteiger partial charge is 0.419 e. The summed E-state index contributed by atoms with van der Waals surface area (Å²) in [6, 6.07) is 7.91. The van der Waals surface area contributed by atoms with Crippen LogP contribution in [0, 0.1) is 11.6 Å². The minimum Gasteiger partial charge on any atom is -0.481 e. The highest BCUT2D eigenvalue weighted by Gasteiger charge is 2.35. The summed E-state index contributed by atoms with van der Waals surface area (Å²) in [5, 5.41) is 12.8. The Balaban J connectivity index is 1.39. The lowest BCUT2D eigenvalue weighted by Gasteiger charge is -2.14. The second kappa shape index (κ2) is 11.9. The molecule has 2 amide bonds. The summed E-state index contributed by atoms with van der Waals surface area (Å²) < 4.78 is 67.2. The van der Waals surface area contributed by atoms with Crippen LogP contribution in [0.1, 0.15) is 22.4 Å². The number of amides is 2. The molecule has 2 N–H and O–H groups in total. The highest BCUT2D eigenvalue weighted by Crippen LogP contribution is 2.37. The first kappa shape index (κ1) is 29.4. The van der Waals surface area contributed by atoms with E-state index in [9.17, 15) is 36.3 Å². The molecule has 1 saturated heterocycles. The first-order chi connectivity index (χ1) is 18.8. The van der Waals surface area contributed by atoms with Gasteiger partial charge in [-0.3, -0.25) is 19.3 Å². The van der Waals surface area contributed by atoms with Gasteiger partial charge in [-0.1, -0.05) is 36.1 Å². The van der Waals surface area contributed by atoms with Gasteiger partial charge in [0.2, 0.25) is 5.91 Å². The lowest BCUT2D eigenvalue weighted by Crippen LogP contribution is -2.31. The van der Waals surface area contributed by atoms with Crippen molar-refractivity contribution < 1.29 is 41.4 Å². The molecule has 14 heteroatoms. The van der Waals surface area contributed by atoms with Crippen LogP contribution in [0.15, 0.2) is 52.7 Å². The molecule has 2 heterocycles. The number of thiocarbonyl (C=S) groups is 1. The van der Waals surface area contributed by atoms with Gasteiger partial charge in [-0.2, -0.15) is 13.2 Å². The van der Waals surface area contributed by atoms with Crippen molar-refractivity contribution >= 4 is 69.2 Å². The Morgan fingerprint density at radius 2 is 1.80 bits per heavy atom. The van der Waals surface area contributed by atoms with Gasteiger partial charge in [-0.05, 0) is 58.5 Å². The number of carboxylic acids is 1. The molecule has 1 aliphatic heterocycles. The van der Waals surface area contributed by atoms with E-state index in [0.717, 1.165) is 30.0 Å². The van der Waals surface area contributed by atoms with Gasteiger partial charge in [0, 0.05) is 17.8 Å². The van der Waals surface area contributed by atoms with E-state index in [1.54, 1.807) is 11.4 Å². The normalized spacial score (nSPS) is 14.7. The molecule has 0 radical (unpaired) electrons. The Morgan fingerprint density at radius 3 is 2.48 bits per heavy atom. The second-order valence-corrected chi connectivity index (χ2v) is 11.1. The number of halogens is 5. The summed E-state index contributed by atoms with van der Waals surface area (Å²) in [4.78, 5) is 38.0. The van der Waals surface area contributed by atoms with E-state index >= 15 is 0 Å². The number of carbonyl (C=O) groups excluding carboxylic acids is 2. The van der Waals surface area contributed by atoms with Gasteiger partial charge in [0.15, 0.2) is 0 Å². The van der Waals surface area contributed by atoms with Crippen molar-refractivity contribution in [3.05, 3.63) is 80.4 Å². The van der Waals surface area contributed by atoms with Gasteiger partial charge in [-0.25, -0.2) is 8.78 Å². The predicted molar refractivity (Wildman–Crippen MR) is 146 cm³/mol. The van der Waals surface area contributed by atoms with E-state index in [1.807, 2.05) is 0 Å². The maximum Gasteiger partial charge on any atom is 0.419 e. The highest BCUT2D eigenvalue weighted by molar-refractivity contribution is 8.26. The fourth-order valence-corrected chi connectivity index (χ4v) is 5.92. The average Bonchev–Trinajstić information content (AvgIpc) is 3.43. The molecule has 0 unspecified atom stereocenters. The standard InChI is InChI=1S/C26H17F5N2O4S3/c27-18-3-2-14(10-17(18)26(29,30)31)15-9-16(39-12-15)11-21-24(37)33(25(38)40-21)6-5-22(34)32-20-4-1-13(7-19(20)28)8-23(35)36/h1-4,7,9-12H,5-6,8H2,(H,32,34)(H,35,36)/b21-11-. The first-order valence-electron chi connectivity index (χ1n) is 11.3. The second-order valence-electron chi connectivity index (χ2n) is 8.45. The van der Waals surface area contributed by atoms with Gasteiger partial charge in [-0.15, -0.1) is 11.3 Å². The van der Waals surface area contributed by atoms with Crippen molar-refractivity contribution in [2.75, 3.05) is 11.9 Å². The number of alkyl halides is 3. The number of anilines is 1. The Bertz CT molecular complexity index is 1550. The van der Waals surface area contributed by atoms with Crippen molar-refractivity contribution in [3.63, 3.8) is 0 Å². The molecule has 1 aliphatic rings. The van der Waals surface area contributed by atoms with Crippen LogP contribution in [-0.2, 0) is 27.0 Å². The number of hydrogen-bond donors (Lipinski definition) is 2. The number of benzene rings is 2. The van der Waals surface area contributed by atoms with E-state index in [0.29, 0.717) is 10.4 Å². The van der Waals surface area contributed by atoms with Crippen LogP contribution in [0.3, 0.4) is 0 Å². The monoisotopic (exact) mass is 612 g/mol. The molecule has 4 rings (SSSR count). The van der Waals surface area contributed by atoms with Crippen molar-refractivity contribution in [1.82, 2.24) is 4.90 Å². The number of nitrogens with zero attached hydrogens (tertiary/aromatic N) is 1. The number of thioether (sulfide) groups is 1. The van der Waals surface area contributed by atoms with Crippen LogP contribution in [0.25, 0.3) is 17.2 Å². The SMILES string of the molecule is O=C(O)Cc1ccc(NC(=O)CCN2C(=O)/C(=C/c3cc(-c4ccc(F)c(C(F)(F)F)c4)cs3)SC2=S)c(F)c1. The maximum absolute atomic E-state index is 14.2. The number of aliphatic carboxylic acids is 1. The maximum atomic E-state index is 14.2. The number of rotatable bonds is 8. The van der Waals surface area contributed by atoms with Crippen LogP contribution >= 0.6 is 35.3 Å². The Kier molecular flexibility index (Phi) is 8.71. The van der Waals surface area contributed by atoms with E-state index in [4.69, 9.17) is 17.3 Å². The number of nitrogens with one attached hydrogen (secondary N) is 1. The van der Waals surface area contributed by atoms with Crippen molar-refractivity contribution in [2.45, 2.75) is 19.0 Å². The summed E-state index contributed by atoms with van der Waals surface area (Å²) in [6.07, 6.45) is -3.89. The van der Waals surface area contributed by atoms with Crippen LogP contribution < -0.4 is 5.32 Å². The lowest BCUT2D eigenvalue weighted by atomic mass is 10.0. The van der Waals surface area contributed by atoms with Gasteiger partial charge in [0.1, 0.15) is 16.0 Å². The summed E-state index contributed by atoms with van der Waals surface area (Å²) in [7, 11) is 0. The fraction of sp³-hybridized carbons (Fsp3) is 0.154. The molecule has 1 fully saturated rings. The first-order valence-corrected chi connectivity index (χ1v) is 13.4. The number of thiophene rings is 1. The van der Waals surface area contributed by atoms with E-state index < -0.39 is 41.2 Å². The molecule has 1 aromatic heterocycles. The van der Waals surface area contributed by atoms with Crippen LogP contribution in [0.5, 0.6) is 0 Å². The fourth-order valence-electron chi connectivity index (χ4n) is 3.69. The molecule has 40 heavy (non-hydrogen) atoms. The minimum atomic E-state index is -4.84. The number of carboxylic acid groups (broad SMARTS) is 1. The molecule has 0 spiro atoms. The zero-order valence-corrected chi connectivity index (χ0v) is 22.5. The Labute approximate surface area is 237 Å². The molecular formula is C26H17F5N2O4S3. The average molecular weight is 613 g/mol. The van der Waals surface area contributed by atoms with E-state index in [-0.39, 0.29) is 45.4 Å². The van der Waals surface area contributed by atoms with Crippen molar-refractivity contribution in [1.29, 1.82) is 0 Å². The van der Waals surface area contributed by atoms with E-state index in [2.05, 4.69) is 5.32 Å². The molecule has 0 bridgehead atoms. The Hall–Kier alpha value is -3.62. The zero-order valence-electron chi connectivity index (χ0n) is 20.1. The van der Waals surface area contributed by atoms with Crippen LogP contribution in [-0.4, -0.2) is 38.7 Å². The zero-order chi connectivity index (χ0) is 29.2. The molecule has 6 nitrogen and oxygen atoms in total. The van der Waals surface area contributed by atoms with Gasteiger partial charge < -0.3 is 10.4 Å². The third-order valence-electron chi connectivity index (χ3n) is 5.60. The van der Waals surface area contributed by atoms with Gasteiger partial charge >= 0.3 is 12.1 Å². The minimum absolute atomic E-state index is 0.0853. The summed E-state index contributed by atoms with van der Waals surface area (Å²) in [5.74, 6) is -4.36. The molecule has 3 aromatic rings. The Morgan fingerprint density at radius 1 is 1.05 bits per heavy atom. The third-order valence-corrected chi connectivity index (χ3v) is 7.85. The van der Waals surface area contributed by atoms with Crippen molar-refractivity contribution in [2.24, 2.45) is 0 Å². The van der Waals surface area contributed by atoms with Crippen molar-refractivity contribution in [3.8, 4) is 11.1 Å². The number of hydrogen-bond acceptors (Lipinski definition) is 6. The molecule has 208 valence electrons. The van der Waals surface area contributed by atoms with Crippen LogP contribution in [0.4, 0.5) is 27.6 Å². The quantitative estimate of drug-likeness (QED) is 0.170. The molecule has 0 aliphatic carbocycles. The van der Waals surface area contributed by atoms with Gasteiger partial charge in [0.05, 0.1) is 22.6 Å².